The first-order valence-electron chi connectivity index (χ1n) is 16.9. The summed E-state index contributed by atoms with van der Waals surface area (Å²) >= 11 is 0. The predicted molar refractivity (Wildman–Crippen MR) is 181 cm³/mol. The number of amides is 3. The number of piperazine rings is 1. The zero-order valence-electron chi connectivity index (χ0n) is 29.9. The van der Waals surface area contributed by atoms with Crippen molar-refractivity contribution in [1.82, 2.24) is 19.7 Å². The van der Waals surface area contributed by atoms with Crippen molar-refractivity contribution < 1.29 is 42.9 Å². The third kappa shape index (κ3) is 7.92. The van der Waals surface area contributed by atoms with E-state index in [1.165, 1.54) is 29.0 Å². The number of methoxy groups -OCH3 is 1. The lowest BCUT2D eigenvalue weighted by molar-refractivity contribution is -0.164. The van der Waals surface area contributed by atoms with Crippen molar-refractivity contribution in [2.45, 2.75) is 83.7 Å². The second kappa shape index (κ2) is 14.6. The highest BCUT2D eigenvalue weighted by molar-refractivity contribution is 5.98. The quantitative estimate of drug-likeness (QED) is 0.430. The Morgan fingerprint density at radius 3 is 2.42 bits per heavy atom. The van der Waals surface area contributed by atoms with E-state index in [1.54, 1.807) is 42.7 Å². The third-order valence-electron chi connectivity index (χ3n) is 9.39. The molecule has 0 bridgehead atoms. The highest BCUT2D eigenvalue weighted by Crippen LogP contribution is 2.41. The minimum Gasteiger partial charge on any atom is -0.467 e. The summed E-state index contributed by atoms with van der Waals surface area (Å²) in [6, 6.07) is 5.62. The first-order valence-corrected chi connectivity index (χ1v) is 16.9. The van der Waals surface area contributed by atoms with Gasteiger partial charge in [-0.1, -0.05) is 26.0 Å². The summed E-state index contributed by atoms with van der Waals surface area (Å²) in [5, 5.41) is 10.2. The number of anilines is 1. The number of aliphatic hydroxyl groups excluding tert-OH is 1. The first-order chi connectivity index (χ1) is 23.5. The van der Waals surface area contributed by atoms with Crippen molar-refractivity contribution in [3.05, 3.63) is 58.7 Å². The average molecular weight is 698 g/mol. The molecule has 4 heterocycles. The van der Waals surface area contributed by atoms with Crippen LogP contribution in [0.25, 0.3) is 0 Å². The molecule has 272 valence electrons. The Morgan fingerprint density at radius 2 is 1.78 bits per heavy atom. The Bertz CT molecular complexity index is 1610. The fourth-order valence-electron chi connectivity index (χ4n) is 6.85. The van der Waals surface area contributed by atoms with Gasteiger partial charge in [0.2, 0.25) is 11.8 Å². The number of nitrogens with zero attached hydrogens (tertiary/aromatic N) is 5. The van der Waals surface area contributed by atoms with Crippen molar-refractivity contribution in [3.8, 4) is 0 Å². The van der Waals surface area contributed by atoms with Crippen molar-refractivity contribution in [3.63, 3.8) is 0 Å². The second-order valence-corrected chi connectivity index (χ2v) is 14.9. The van der Waals surface area contributed by atoms with Crippen molar-refractivity contribution in [2.24, 2.45) is 0 Å². The molecule has 3 amide bonds. The van der Waals surface area contributed by atoms with E-state index >= 15 is 0 Å². The molecule has 0 aliphatic carbocycles. The van der Waals surface area contributed by atoms with Gasteiger partial charge in [0, 0.05) is 37.6 Å². The molecule has 1 unspecified atom stereocenters. The smallest absolute Gasteiger partial charge is 0.410 e. The fourth-order valence-corrected chi connectivity index (χ4v) is 6.85. The summed E-state index contributed by atoms with van der Waals surface area (Å²) in [4.78, 5) is 65.8. The van der Waals surface area contributed by atoms with Crippen molar-refractivity contribution in [1.29, 1.82) is 0 Å². The standard InChI is InChI=1S/C36H48FN5O8/c1-22-16-39(28(17-41(22)34(47)50-35(2,3)4)32(45)40-12-13-49-20-29(40)33(46)48-7)18-30(44)42-21-36(5,6)31-27(42)15-24(26(19-43)38-31)14-23-8-10-25(37)11-9-23/h8-11,15,22,28-29,43H,12-14,16-21H2,1-7H3/t22-,28-,29?/m1/s1. The summed E-state index contributed by atoms with van der Waals surface area (Å²) in [6.45, 7) is 11.4. The van der Waals surface area contributed by atoms with Gasteiger partial charge in [0.05, 0.1) is 50.6 Å². The van der Waals surface area contributed by atoms with E-state index in [4.69, 9.17) is 19.2 Å². The molecule has 2 fully saturated rings. The molecule has 2 aromatic rings. The molecule has 3 aliphatic rings. The van der Waals surface area contributed by atoms with Gasteiger partial charge in [-0.05, 0) is 63.4 Å². The minimum absolute atomic E-state index is 0.0288. The van der Waals surface area contributed by atoms with E-state index in [0.29, 0.717) is 35.6 Å². The number of benzene rings is 1. The van der Waals surface area contributed by atoms with Gasteiger partial charge in [-0.15, -0.1) is 0 Å². The molecule has 1 aromatic heterocycles. The lowest BCUT2D eigenvalue weighted by Crippen LogP contribution is -2.67. The minimum atomic E-state index is -0.967. The van der Waals surface area contributed by atoms with Gasteiger partial charge < -0.3 is 34.0 Å². The SMILES string of the molecule is COC(=O)C1COCCN1C(=O)[C@H]1CN(C(=O)OC(C)(C)C)[C@H](C)CN1CC(=O)N1CC(C)(C)c2nc(CO)c(Cc3ccc(F)cc3)cc21. The lowest BCUT2D eigenvalue weighted by Gasteiger charge is -2.46. The van der Waals surface area contributed by atoms with Crippen LogP contribution in [-0.2, 0) is 47.0 Å². The predicted octanol–water partition coefficient (Wildman–Crippen LogP) is 2.64. The number of aliphatic hydroxyl groups is 1. The molecule has 13 nitrogen and oxygen atoms in total. The number of ether oxygens (including phenoxy) is 3. The molecule has 1 aromatic carbocycles. The summed E-state index contributed by atoms with van der Waals surface area (Å²) in [5.74, 6) is -1.66. The lowest BCUT2D eigenvalue weighted by atomic mass is 9.90. The number of hydrogen-bond acceptors (Lipinski definition) is 10. The van der Waals surface area contributed by atoms with Crippen molar-refractivity contribution in [2.75, 3.05) is 57.9 Å². The summed E-state index contributed by atoms with van der Waals surface area (Å²) in [6.07, 6.45) is -0.199. The number of carbonyl (C=O) groups excluding carboxylic acids is 4. The molecule has 0 radical (unpaired) electrons. The molecule has 50 heavy (non-hydrogen) atoms. The zero-order valence-corrected chi connectivity index (χ0v) is 29.9. The normalized spacial score (nSPS) is 22.3. The monoisotopic (exact) mass is 697 g/mol. The zero-order chi connectivity index (χ0) is 36.5. The summed E-state index contributed by atoms with van der Waals surface area (Å²) in [7, 11) is 1.25. The highest BCUT2D eigenvalue weighted by Gasteiger charge is 2.46. The van der Waals surface area contributed by atoms with Crippen LogP contribution in [-0.4, -0.2) is 125 Å². The van der Waals surface area contributed by atoms with Crippen LogP contribution in [0.5, 0.6) is 0 Å². The van der Waals surface area contributed by atoms with E-state index in [-0.39, 0.29) is 57.7 Å². The Hall–Kier alpha value is -4.14. The van der Waals surface area contributed by atoms with Crippen LogP contribution in [0.1, 0.15) is 64.1 Å². The highest BCUT2D eigenvalue weighted by atomic mass is 19.1. The van der Waals surface area contributed by atoms with Gasteiger partial charge in [0.25, 0.3) is 0 Å². The first kappa shape index (κ1) is 37.1. The number of hydrogen-bond donors (Lipinski definition) is 1. The van der Waals surface area contributed by atoms with Gasteiger partial charge in [0.15, 0.2) is 6.04 Å². The Balaban J connectivity index is 1.45. The number of rotatable bonds is 7. The van der Waals surface area contributed by atoms with Crippen LogP contribution in [0.4, 0.5) is 14.9 Å². The van der Waals surface area contributed by atoms with Gasteiger partial charge in [0.1, 0.15) is 17.5 Å². The van der Waals surface area contributed by atoms with E-state index in [0.717, 1.165) is 5.56 Å². The van der Waals surface area contributed by atoms with Crippen LogP contribution in [0.2, 0.25) is 0 Å². The molecule has 2 saturated heterocycles. The number of fused-ring (bicyclic) bond motifs is 1. The maximum absolute atomic E-state index is 14.3. The van der Waals surface area contributed by atoms with Crippen molar-refractivity contribution >= 4 is 29.6 Å². The number of morpholine rings is 1. The van der Waals surface area contributed by atoms with Crippen LogP contribution in [0.3, 0.4) is 0 Å². The number of carbonyl (C=O) groups is 4. The van der Waals surface area contributed by atoms with Crippen LogP contribution < -0.4 is 4.90 Å². The molecule has 14 heteroatoms. The molecular formula is C36H48FN5O8. The molecular weight excluding hydrogens is 649 g/mol. The number of halogens is 1. The van der Waals surface area contributed by atoms with Gasteiger partial charge in [-0.2, -0.15) is 0 Å². The molecule has 0 saturated carbocycles. The Morgan fingerprint density at radius 1 is 1.08 bits per heavy atom. The van der Waals surface area contributed by atoms with E-state index in [2.05, 4.69) is 0 Å². The summed E-state index contributed by atoms with van der Waals surface area (Å²) < 4.78 is 29.7. The van der Waals surface area contributed by atoms with E-state index in [9.17, 15) is 28.7 Å². The Kier molecular flexibility index (Phi) is 10.8. The van der Waals surface area contributed by atoms with Gasteiger partial charge >= 0.3 is 12.1 Å². The topological polar surface area (TPSA) is 142 Å². The maximum Gasteiger partial charge on any atom is 0.410 e. The third-order valence-corrected chi connectivity index (χ3v) is 9.39. The molecule has 3 aliphatic heterocycles. The largest absolute Gasteiger partial charge is 0.467 e. The van der Waals surface area contributed by atoms with Gasteiger partial charge in [-0.25, -0.2) is 14.0 Å². The van der Waals surface area contributed by atoms with E-state index in [1.807, 2.05) is 26.8 Å². The van der Waals surface area contributed by atoms with Crippen LogP contribution in [0, 0.1) is 5.82 Å². The Labute approximate surface area is 292 Å². The number of esters is 1. The summed E-state index contributed by atoms with van der Waals surface area (Å²) in [5.41, 5.74) is 1.99. The number of aromatic nitrogens is 1. The van der Waals surface area contributed by atoms with Crippen LogP contribution in [0.15, 0.2) is 30.3 Å². The molecule has 0 spiro atoms. The average Bonchev–Trinajstić information content (AvgIpc) is 3.33. The number of pyridine rings is 1. The van der Waals surface area contributed by atoms with Gasteiger partial charge in [-0.3, -0.25) is 19.5 Å². The van der Waals surface area contributed by atoms with E-state index < -0.39 is 47.1 Å². The molecule has 3 atom stereocenters. The fraction of sp³-hybridized carbons (Fsp3) is 0.583. The second-order valence-electron chi connectivity index (χ2n) is 14.9. The maximum atomic E-state index is 14.3. The molecule has 1 N–H and O–H groups in total. The van der Waals surface area contributed by atoms with Crippen LogP contribution >= 0.6 is 0 Å². The molecule has 5 rings (SSSR count).